The molecule has 0 radical (unpaired) electrons. The van der Waals surface area contributed by atoms with Gasteiger partial charge in [-0.25, -0.2) is 15.4 Å². The molecule has 3 aromatic rings. The second-order valence-electron chi connectivity index (χ2n) is 8.25. The summed E-state index contributed by atoms with van der Waals surface area (Å²) in [5.74, 6) is -1.69. The summed E-state index contributed by atoms with van der Waals surface area (Å²) in [5.41, 5.74) is 3.57. The highest BCUT2D eigenvalue weighted by Crippen LogP contribution is 2.43. The van der Waals surface area contributed by atoms with E-state index in [4.69, 9.17) is 9.15 Å². The number of carbonyl (C=O) groups excluding carboxylic acids is 1. The molecule has 1 aromatic heterocycles. The van der Waals surface area contributed by atoms with Crippen molar-refractivity contribution in [3.8, 4) is 5.75 Å². The third-order valence-electron chi connectivity index (χ3n) is 6.01. The lowest BCUT2D eigenvalue weighted by atomic mass is 9.89. The average Bonchev–Trinajstić information content (AvgIpc) is 3.41. The monoisotopic (exact) mass is 506 g/mol. The summed E-state index contributed by atoms with van der Waals surface area (Å²) in [6, 6.07) is 11.1. The third-order valence-corrected chi connectivity index (χ3v) is 6.71. The molecule has 2 aliphatic heterocycles. The normalized spacial score (nSPS) is 23.4. The van der Waals surface area contributed by atoms with Crippen LogP contribution in [0.4, 0.5) is 13.2 Å². The van der Waals surface area contributed by atoms with Gasteiger partial charge in [-0.1, -0.05) is 36.4 Å². The number of para-hydroxylation sites is 1. The van der Waals surface area contributed by atoms with Crippen molar-refractivity contribution < 1.29 is 31.3 Å². The van der Waals surface area contributed by atoms with E-state index in [1.807, 2.05) is 0 Å². The summed E-state index contributed by atoms with van der Waals surface area (Å²) in [7, 11) is 0.0460. The Morgan fingerprint density at radius 2 is 1.91 bits per heavy atom. The van der Waals surface area contributed by atoms with Gasteiger partial charge in [0.05, 0.1) is 18.8 Å². The highest BCUT2D eigenvalue weighted by Gasteiger charge is 2.58. The molecule has 1 saturated heterocycles. The van der Waals surface area contributed by atoms with Gasteiger partial charge in [0.1, 0.15) is 23.5 Å². The van der Waals surface area contributed by atoms with Gasteiger partial charge in [-0.15, -0.1) is 0 Å². The van der Waals surface area contributed by atoms with Crippen LogP contribution in [0.3, 0.4) is 0 Å². The molecule has 12 heteroatoms. The fourth-order valence-corrected chi connectivity index (χ4v) is 5.19. The van der Waals surface area contributed by atoms with Gasteiger partial charge in [-0.2, -0.15) is 13.2 Å². The lowest BCUT2D eigenvalue weighted by Gasteiger charge is -2.35. The summed E-state index contributed by atoms with van der Waals surface area (Å²) in [6.07, 6.45) is -4.27. The van der Waals surface area contributed by atoms with E-state index in [1.165, 1.54) is 13.4 Å². The molecule has 1 fully saturated rings. The molecule has 0 aliphatic carbocycles. The lowest BCUT2D eigenvalue weighted by Crippen LogP contribution is -2.55. The fourth-order valence-electron chi connectivity index (χ4n) is 4.55. The molecule has 184 valence electrons. The second kappa shape index (κ2) is 8.68. The Kier molecular flexibility index (Phi) is 5.80. The number of methoxy groups -OCH3 is 1. The van der Waals surface area contributed by atoms with Crippen molar-refractivity contribution in [3.63, 3.8) is 0 Å². The highest BCUT2D eigenvalue weighted by atomic mass is 32.2. The fraction of sp³-hybridized carbons (Fsp3) is 0.304. The van der Waals surface area contributed by atoms with Gasteiger partial charge < -0.3 is 14.5 Å². The smallest absolute Gasteiger partial charge is 0.406 e. The van der Waals surface area contributed by atoms with Crippen LogP contribution in [-0.4, -0.2) is 57.6 Å². The van der Waals surface area contributed by atoms with Crippen molar-refractivity contribution in [2.24, 2.45) is 0 Å². The molecule has 2 aromatic carbocycles. The van der Waals surface area contributed by atoms with E-state index < -0.39 is 41.0 Å². The van der Waals surface area contributed by atoms with Gasteiger partial charge in [-0.3, -0.25) is 9.00 Å². The zero-order valence-corrected chi connectivity index (χ0v) is 19.4. The number of fused-ring (bicyclic) bond motifs is 2. The summed E-state index contributed by atoms with van der Waals surface area (Å²) < 4.78 is 65.5. The molecule has 4 atom stereocenters. The maximum atomic E-state index is 14.1. The van der Waals surface area contributed by atoms with Crippen molar-refractivity contribution in [2.75, 3.05) is 19.1 Å². The zero-order chi connectivity index (χ0) is 24.9. The van der Waals surface area contributed by atoms with Crippen LogP contribution in [0.25, 0.3) is 16.7 Å². The number of aromatic nitrogens is 1. The van der Waals surface area contributed by atoms with Crippen molar-refractivity contribution in [3.05, 3.63) is 65.7 Å². The lowest BCUT2D eigenvalue weighted by molar-refractivity contribution is -0.161. The second-order valence-corrected chi connectivity index (χ2v) is 9.68. The highest BCUT2D eigenvalue weighted by molar-refractivity contribution is 7.84. The number of rotatable bonds is 5. The maximum absolute atomic E-state index is 14.1. The van der Waals surface area contributed by atoms with Gasteiger partial charge >= 0.3 is 6.18 Å². The minimum Gasteiger partial charge on any atom is -0.494 e. The number of benzene rings is 2. The standard InChI is InChI=1S/C23H21F3N4O4S/c1-33-14-9-6-10-15-18(14)28-21(34-15)17-13(11-35(2)32)27-20-16(12-7-4-3-5-8-12)19(23(24,25)26)29-30(20)22(17)31/h3-10,16,19-20,27,29H,11H2,1-2H3. The first-order valence-electron chi connectivity index (χ1n) is 10.6. The SMILES string of the molecule is COc1cccc2oc(C3=C(CS(C)=O)NC4C(c5ccccc5)C(C(F)(F)F)NN4C3=O)nc12. The third kappa shape index (κ3) is 4.06. The molecule has 35 heavy (non-hydrogen) atoms. The quantitative estimate of drug-likeness (QED) is 0.549. The molecule has 3 heterocycles. The molecule has 1 amide bonds. The summed E-state index contributed by atoms with van der Waals surface area (Å²) >= 11 is 0. The van der Waals surface area contributed by atoms with Crippen LogP contribution in [-0.2, 0) is 15.6 Å². The van der Waals surface area contributed by atoms with Crippen LogP contribution in [0, 0.1) is 0 Å². The van der Waals surface area contributed by atoms with E-state index in [9.17, 15) is 22.2 Å². The number of nitrogens with one attached hydrogen (secondary N) is 2. The zero-order valence-electron chi connectivity index (χ0n) is 18.6. The summed E-state index contributed by atoms with van der Waals surface area (Å²) in [6.45, 7) is 0. The van der Waals surface area contributed by atoms with Crippen LogP contribution in [0.2, 0.25) is 0 Å². The maximum Gasteiger partial charge on any atom is 0.406 e. The molecule has 8 nitrogen and oxygen atoms in total. The number of nitrogens with zero attached hydrogens (tertiary/aromatic N) is 2. The van der Waals surface area contributed by atoms with Gasteiger partial charge in [0.25, 0.3) is 5.91 Å². The van der Waals surface area contributed by atoms with E-state index in [1.54, 1.807) is 48.5 Å². The number of carbonyl (C=O) groups is 1. The molecule has 2 N–H and O–H groups in total. The van der Waals surface area contributed by atoms with Gasteiger partial charge in [0, 0.05) is 22.8 Å². The Morgan fingerprint density at radius 1 is 1.17 bits per heavy atom. The number of ether oxygens (including phenoxy) is 1. The first kappa shape index (κ1) is 23.4. The Labute approximate surface area is 200 Å². The minimum atomic E-state index is -4.64. The van der Waals surface area contributed by atoms with Crippen molar-refractivity contribution in [1.82, 2.24) is 20.7 Å². The number of hydrogen-bond donors (Lipinski definition) is 2. The molecule has 0 bridgehead atoms. The van der Waals surface area contributed by atoms with Crippen LogP contribution >= 0.6 is 0 Å². The van der Waals surface area contributed by atoms with E-state index in [0.717, 1.165) is 5.01 Å². The predicted octanol–water partition coefficient (Wildman–Crippen LogP) is 2.92. The van der Waals surface area contributed by atoms with Crippen LogP contribution in [0.15, 0.2) is 58.6 Å². The molecule has 4 unspecified atom stereocenters. The molecule has 0 spiro atoms. The van der Waals surface area contributed by atoms with E-state index in [0.29, 0.717) is 22.4 Å². The molecular formula is C23H21F3N4O4S. The number of halogens is 3. The van der Waals surface area contributed by atoms with Gasteiger partial charge in [0.2, 0.25) is 5.89 Å². The van der Waals surface area contributed by atoms with E-state index in [-0.39, 0.29) is 22.9 Å². The predicted molar refractivity (Wildman–Crippen MR) is 122 cm³/mol. The molecule has 5 rings (SSSR count). The van der Waals surface area contributed by atoms with Crippen LogP contribution in [0.1, 0.15) is 17.4 Å². The van der Waals surface area contributed by atoms with E-state index >= 15 is 0 Å². The van der Waals surface area contributed by atoms with Crippen molar-refractivity contribution in [1.29, 1.82) is 0 Å². The number of hydrogen-bond acceptors (Lipinski definition) is 7. The topological polar surface area (TPSA) is 96.7 Å². The van der Waals surface area contributed by atoms with Gasteiger partial charge in [-0.05, 0) is 17.7 Å². The molecular weight excluding hydrogens is 485 g/mol. The molecule has 2 aliphatic rings. The summed E-state index contributed by atoms with van der Waals surface area (Å²) in [4.78, 5) is 18.0. The van der Waals surface area contributed by atoms with Crippen molar-refractivity contribution >= 4 is 33.4 Å². The Balaban J connectivity index is 1.64. The van der Waals surface area contributed by atoms with Crippen LogP contribution in [0.5, 0.6) is 5.75 Å². The number of alkyl halides is 3. The Bertz CT molecular complexity index is 1340. The Morgan fingerprint density at radius 3 is 2.57 bits per heavy atom. The molecule has 0 saturated carbocycles. The van der Waals surface area contributed by atoms with Crippen LogP contribution < -0.4 is 15.5 Å². The van der Waals surface area contributed by atoms with E-state index in [2.05, 4.69) is 15.7 Å². The summed E-state index contributed by atoms with van der Waals surface area (Å²) in [5, 5.41) is 3.98. The average molecular weight is 507 g/mol. The number of amides is 1. The Hall–Kier alpha value is -3.38. The first-order valence-corrected chi connectivity index (χ1v) is 12.4. The first-order chi connectivity index (χ1) is 16.7. The van der Waals surface area contributed by atoms with Crippen molar-refractivity contribution in [2.45, 2.75) is 24.3 Å². The minimum absolute atomic E-state index is 0.0863. The van der Waals surface area contributed by atoms with Gasteiger partial charge in [0.15, 0.2) is 11.1 Å². The number of oxazole rings is 1. The largest absolute Gasteiger partial charge is 0.494 e. The number of hydrazine groups is 1.